The third-order valence-corrected chi connectivity index (χ3v) is 2.31. The normalized spacial score (nSPS) is 14.3. The van der Waals surface area contributed by atoms with Crippen molar-refractivity contribution in [3.8, 4) is 0 Å². The minimum absolute atomic E-state index is 0.421. The summed E-state index contributed by atoms with van der Waals surface area (Å²) in [5, 5.41) is 10.2. The number of carbonyl (C=O) groups is 1. The fourth-order valence-corrected chi connectivity index (χ4v) is 1.46. The van der Waals surface area contributed by atoms with Gasteiger partial charge < -0.3 is 15.6 Å². The van der Waals surface area contributed by atoms with Gasteiger partial charge in [0.05, 0.1) is 0 Å². The standard InChI is InChI=1S/C10H12ClNO3/c1-6(15-10(12)14)9(13)7-4-2-3-5-8(7)11/h2-6,9,13H,1H3,(H2,12,14). The van der Waals surface area contributed by atoms with Crippen molar-refractivity contribution in [1.29, 1.82) is 0 Å². The lowest BCUT2D eigenvalue weighted by molar-refractivity contribution is 0.0158. The first-order chi connectivity index (χ1) is 7.02. The summed E-state index contributed by atoms with van der Waals surface area (Å²) in [5.41, 5.74) is 5.35. The zero-order chi connectivity index (χ0) is 11.4. The lowest BCUT2D eigenvalue weighted by Gasteiger charge is -2.19. The highest BCUT2D eigenvalue weighted by atomic mass is 35.5. The molecule has 3 N–H and O–H groups in total. The summed E-state index contributed by atoms with van der Waals surface area (Å²) in [5.74, 6) is 0. The zero-order valence-electron chi connectivity index (χ0n) is 8.18. The number of hydrogen-bond acceptors (Lipinski definition) is 3. The van der Waals surface area contributed by atoms with Crippen LogP contribution in [0.5, 0.6) is 0 Å². The number of nitrogens with two attached hydrogens (primary N) is 1. The quantitative estimate of drug-likeness (QED) is 0.831. The number of rotatable bonds is 3. The van der Waals surface area contributed by atoms with Crippen LogP contribution in [0.3, 0.4) is 0 Å². The molecule has 4 nitrogen and oxygen atoms in total. The highest BCUT2D eigenvalue weighted by molar-refractivity contribution is 6.31. The molecule has 0 bridgehead atoms. The third-order valence-electron chi connectivity index (χ3n) is 1.97. The summed E-state index contributed by atoms with van der Waals surface area (Å²) >= 11 is 5.87. The zero-order valence-corrected chi connectivity index (χ0v) is 8.94. The summed E-state index contributed by atoms with van der Waals surface area (Å²) in [6.07, 6.45) is -2.64. The fourth-order valence-electron chi connectivity index (χ4n) is 1.22. The van der Waals surface area contributed by atoms with E-state index >= 15 is 0 Å². The Kier molecular flexibility index (Phi) is 3.94. The van der Waals surface area contributed by atoms with Gasteiger partial charge in [0.2, 0.25) is 0 Å². The predicted octanol–water partition coefficient (Wildman–Crippen LogP) is 1.86. The molecule has 1 aromatic carbocycles. The molecular formula is C10H12ClNO3. The van der Waals surface area contributed by atoms with Crippen molar-refractivity contribution >= 4 is 17.7 Å². The second-order valence-electron chi connectivity index (χ2n) is 3.11. The van der Waals surface area contributed by atoms with Gasteiger partial charge in [0.15, 0.2) is 0 Å². The Morgan fingerprint density at radius 1 is 1.53 bits per heavy atom. The summed E-state index contributed by atoms with van der Waals surface area (Å²) in [4.78, 5) is 10.5. The van der Waals surface area contributed by atoms with Crippen LogP contribution in [0.15, 0.2) is 24.3 Å². The van der Waals surface area contributed by atoms with Crippen molar-refractivity contribution in [2.24, 2.45) is 5.73 Å². The van der Waals surface area contributed by atoms with Crippen LogP contribution >= 0.6 is 11.6 Å². The first kappa shape index (κ1) is 11.8. The molecule has 82 valence electrons. The molecule has 1 rings (SSSR count). The summed E-state index contributed by atoms with van der Waals surface area (Å²) in [6.45, 7) is 1.54. The van der Waals surface area contributed by atoms with Crippen LogP contribution in [0.4, 0.5) is 4.79 Å². The van der Waals surface area contributed by atoms with E-state index < -0.39 is 18.3 Å². The molecule has 0 fully saturated rings. The number of hydrogen-bond donors (Lipinski definition) is 2. The SMILES string of the molecule is CC(OC(N)=O)C(O)c1ccccc1Cl. The number of benzene rings is 1. The van der Waals surface area contributed by atoms with Crippen molar-refractivity contribution in [2.75, 3.05) is 0 Å². The minimum atomic E-state index is -0.980. The number of ether oxygens (including phenoxy) is 1. The van der Waals surface area contributed by atoms with Crippen LogP contribution in [0.25, 0.3) is 0 Å². The Hall–Kier alpha value is -1.26. The molecule has 5 heteroatoms. The highest BCUT2D eigenvalue weighted by Crippen LogP contribution is 2.25. The molecule has 0 saturated carbocycles. The van der Waals surface area contributed by atoms with Crippen LogP contribution in [-0.4, -0.2) is 17.3 Å². The molecule has 15 heavy (non-hydrogen) atoms. The van der Waals surface area contributed by atoms with Crippen molar-refractivity contribution < 1.29 is 14.6 Å². The average molecular weight is 230 g/mol. The van der Waals surface area contributed by atoms with Gasteiger partial charge >= 0.3 is 6.09 Å². The topological polar surface area (TPSA) is 72.5 Å². The van der Waals surface area contributed by atoms with Gasteiger partial charge in [0.25, 0.3) is 0 Å². The van der Waals surface area contributed by atoms with Crippen LogP contribution < -0.4 is 5.73 Å². The molecule has 0 saturated heterocycles. The van der Waals surface area contributed by atoms with Crippen molar-refractivity contribution in [3.63, 3.8) is 0 Å². The molecule has 0 aliphatic rings. The molecule has 0 spiro atoms. The third kappa shape index (κ3) is 3.11. The molecule has 0 aliphatic carbocycles. The van der Waals surface area contributed by atoms with Crippen molar-refractivity contribution in [2.45, 2.75) is 19.1 Å². The number of primary amides is 1. The molecule has 1 aromatic rings. The monoisotopic (exact) mass is 229 g/mol. The van der Waals surface area contributed by atoms with Crippen molar-refractivity contribution in [3.05, 3.63) is 34.9 Å². The van der Waals surface area contributed by atoms with Gasteiger partial charge in [-0.05, 0) is 13.0 Å². The van der Waals surface area contributed by atoms with E-state index in [0.29, 0.717) is 10.6 Å². The Morgan fingerprint density at radius 3 is 2.67 bits per heavy atom. The number of amides is 1. The molecule has 2 atom stereocenters. The number of aliphatic hydroxyl groups excluding tert-OH is 1. The molecule has 0 radical (unpaired) electrons. The van der Waals surface area contributed by atoms with E-state index in [1.807, 2.05) is 0 Å². The van der Waals surface area contributed by atoms with Gasteiger partial charge in [-0.1, -0.05) is 29.8 Å². The molecule has 0 heterocycles. The fraction of sp³-hybridized carbons (Fsp3) is 0.300. The first-order valence-corrected chi connectivity index (χ1v) is 4.78. The van der Waals surface area contributed by atoms with Gasteiger partial charge in [0.1, 0.15) is 12.2 Å². The Balaban J connectivity index is 2.80. The van der Waals surface area contributed by atoms with Gasteiger partial charge in [-0.25, -0.2) is 4.79 Å². The van der Waals surface area contributed by atoms with Crippen LogP contribution in [0.2, 0.25) is 5.02 Å². The number of halogens is 1. The van der Waals surface area contributed by atoms with Crippen LogP contribution in [0, 0.1) is 0 Å². The summed E-state index contributed by atoms with van der Waals surface area (Å²) in [6, 6.07) is 6.80. The van der Waals surface area contributed by atoms with Gasteiger partial charge in [-0.15, -0.1) is 0 Å². The van der Waals surface area contributed by atoms with E-state index in [9.17, 15) is 9.90 Å². The maximum atomic E-state index is 10.5. The predicted molar refractivity (Wildman–Crippen MR) is 56.5 cm³/mol. The maximum absolute atomic E-state index is 10.5. The second-order valence-corrected chi connectivity index (χ2v) is 3.52. The first-order valence-electron chi connectivity index (χ1n) is 4.41. The molecule has 0 aliphatic heterocycles. The second kappa shape index (κ2) is 5.00. The van der Waals surface area contributed by atoms with E-state index in [0.717, 1.165) is 0 Å². The summed E-state index contributed by atoms with van der Waals surface area (Å²) in [7, 11) is 0. The van der Waals surface area contributed by atoms with E-state index in [4.69, 9.17) is 17.3 Å². The number of carbonyl (C=O) groups excluding carboxylic acids is 1. The van der Waals surface area contributed by atoms with Gasteiger partial charge in [0, 0.05) is 10.6 Å². The minimum Gasteiger partial charge on any atom is -0.444 e. The average Bonchev–Trinajstić information content (AvgIpc) is 2.16. The van der Waals surface area contributed by atoms with E-state index in [2.05, 4.69) is 4.74 Å². The van der Waals surface area contributed by atoms with Gasteiger partial charge in [-0.3, -0.25) is 0 Å². The lowest BCUT2D eigenvalue weighted by Crippen LogP contribution is -2.25. The molecule has 1 amide bonds. The maximum Gasteiger partial charge on any atom is 0.404 e. The Bertz CT molecular complexity index is 356. The number of aliphatic hydroxyl groups is 1. The summed E-state index contributed by atoms with van der Waals surface area (Å²) < 4.78 is 4.65. The lowest BCUT2D eigenvalue weighted by atomic mass is 10.1. The molecule has 0 aromatic heterocycles. The smallest absolute Gasteiger partial charge is 0.404 e. The van der Waals surface area contributed by atoms with Gasteiger partial charge in [-0.2, -0.15) is 0 Å². The van der Waals surface area contributed by atoms with Crippen molar-refractivity contribution in [1.82, 2.24) is 0 Å². The largest absolute Gasteiger partial charge is 0.444 e. The molecule has 2 unspecified atom stereocenters. The van der Waals surface area contributed by atoms with E-state index in [-0.39, 0.29) is 0 Å². The van der Waals surface area contributed by atoms with E-state index in [1.54, 1.807) is 31.2 Å². The highest BCUT2D eigenvalue weighted by Gasteiger charge is 2.21. The van der Waals surface area contributed by atoms with Crippen LogP contribution in [-0.2, 0) is 4.74 Å². The Labute approximate surface area is 92.6 Å². The Morgan fingerprint density at radius 2 is 2.13 bits per heavy atom. The van der Waals surface area contributed by atoms with E-state index in [1.165, 1.54) is 0 Å². The molecular weight excluding hydrogens is 218 g/mol. The van der Waals surface area contributed by atoms with Crippen LogP contribution in [0.1, 0.15) is 18.6 Å².